The summed E-state index contributed by atoms with van der Waals surface area (Å²) < 4.78 is 2.16. The molecular weight excluding hydrogens is 262 g/mol. The molecular formula is C17H17N3O. The van der Waals surface area contributed by atoms with Crippen LogP contribution in [0.3, 0.4) is 0 Å². The van der Waals surface area contributed by atoms with Gasteiger partial charge in [0.05, 0.1) is 0 Å². The van der Waals surface area contributed by atoms with Crippen LogP contribution in [0.5, 0.6) is 0 Å². The van der Waals surface area contributed by atoms with E-state index in [-0.39, 0.29) is 5.91 Å². The van der Waals surface area contributed by atoms with Gasteiger partial charge in [0.15, 0.2) is 0 Å². The van der Waals surface area contributed by atoms with Crippen molar-refractivity contribution < 1.29 is 4.79 Å². The minimum absolute atomic E-state index is 0.265. The monoisotopic (exact) mass is 279 g/mol. The van der Waals surface area contributed by atoms with Crippen LogP contribution in [0.4, 0.5) is 0 Å². The van der Waals surface area contributed by atoms with Gasteiger partial charge in [-0.3, -0.25) is 10.2 Å². The predicted octanol–water partition coefficient (Wildman–Crippen LogP) is 2.60. The Balaban J connectivity index is 2.05. The highest BCUT2D eigenvalue weighted by molar-refractivity contribution is 5.95. The fourth-order valence-corrected chi connectivity index (χ4v) is 2.70. The molecule has 3 aromatic rings. The zero-order chi connectivity index (χ0) is 14.8. The Hall–Kier alpha value is -2.59. The number of hydrogen-bond donors (Lipinski definition) is 2. The molecule has 3 N–H and O–H groups in total. The van der Waals surface area contributed by atoms with Crippen LogP contribution in [0.1, 0.15) is 21.5 Å². The van der Waals surface area contributed by atoms with Crippen molar-refractivity contribution in [3.63, 3.8) is 0 Å². The summed E-state index contributed by atoms with van der Waals surface area (Å²) in [6.45, 7) is 2.73. The van der Waals surface area contributed by atoms with Gasteiger partial charge >= 0.3 is 0 Å². The number of carbonyl (C=O) groups is 1. The fourth-order valence-electron chi connectivity index (χ4n) is 2.70. The lowest BCUT2D eigenvalue weighted by Gasteiger charge is -2.10. The van der Waals surface area contributed by atoms with Crippen LogP contribution in [-0.4, -0.2) is 10.5 Å². The van der Waals surface area contributed by atoms with E-state index in [0.717, 1.165) is 11.1 Å². The SMILES string of the molecule is Cc1cn(Cc2ccccc2C(=O)NN)c2ccccc12. The number of fused-ring (bicyclic) bond motifs is 1. The Morgan fingerprint density at radius 1 is 1.14 bits per heavy atom. The number of nitrogens with zero attached hydrogens (tertiary/aromatic N) is 1. The highest BCUT2D eigenvalue weighted by Crippen LogP contribution is 2.22. The second kappa shape index (κ2) is 5.42. The van der Waals surface area contributed by atoms with E-state index in [0.29, 0.717) is 12.1 Å². The summed E-state index contributed by atoms with van der Waals surface area (Å²) in [7, 11) is 0. The second-order valence-electron chi connectivity index (χ2n) is 5.09. The molecule has 3 rings (SSSR count). The number of hydrazine groups is 1. The molecule has 0 unspecified atom stereocenters. The number of nitrogens with two attached hydrogens (primary N) is 1. The molecule has 2 aromatic carbocycles. The number of hydrogen-bond acceptors (Lipinski definition) is 2. The van der Waals surface area contributed by atoms with E-state index >= 15 is 0 Å². The highest BCUT2D eigenvalue weighted by atomic mass is 16.2. The van der Waals surface area contributed by atoms with E-state index in [1.54, 1.807) is 6.07 Å². The minimum atomic E-state index is -0.265. The number of para-hydroxylation sites is 1. The average molecular weight is 279 g/mol. The van der Waals surface area contributed by atoms with Gasteiger partial charge in [-0.1, -0.05) is 36.4 Å². The van der Waals surface area contributed by atoms with E-state index in [4.69, 9.17) is 5.84 Å². The Morgan fingerprint density at radius 2 is 1.86 bits per heavy atom. The Labute approximate surface area is 123 Å². The molecule has 4 nitrogen and oxygen atoms in total. The number of nitrogen functional groups attached to an aromatic ring is 1. The van der Waals surface area contributed by atoms with Gasteiger partial charge in [-0.05, 0) is 30.2 Å². The van der Waals surface area contributed by atoms with Gasteiger partial charge in [-0.25, -0.2) is 5.84 Å². The van der Waals surface area contributed by atoms with Crippen LogP contribution in [-0.2, 0) is 6.54 Å². The third-order valence-electron chi connectivity index (χ3n) is 3.72. The first-order chi connectivity index (χ1) is 10.2. The third kappa shape index (κ3) is 2.41. The first-order valence-electron chi connectivity index (χ1n) is 6.84. The quantitative estimate of drug-likeness (QED) is 0.440. The van der Waals surface area contributed by atoms with Crippen molar-refractivity contribution in [1.29, 1.82) is 0 Å². The number of nitrogens with one attached hydrogen (secondary N) is 1. The summed E-state index contributed by atoms with van der Waals surface area (Å²) in [5.41, 5.74) is 6.15. The van der Waals surface area contributed by atoms with Crippen molar-refractivity contribution in [2.75, 3.05) is 0 Å². The van der Waals surface area contributed by atoms with Crippen molar-refractivity contribution in [2.24, 2.45) is 5.84 Å². The summed E-state index contributed by atoms with van der Waals surface area (Å²) in [6, 6.07) is 15.8. The maximum atomic E-state index is 11.8. The largest absolute Gasteiger partial charge is 0.343 e. The first kappa shape index (κ1) is 13.4. The lowest BCUT2D eigenvalue weighted by atomic mass is 10.1. The number of amides is 1. The van der Waals surface area contributed by atoms with E-state index in [2.05, 4.69) is 35.2 Å². The molecule has 0 atom stereocenters. The lowest BCUT2D eigenvalue weighted by Crippen LogP contribution is -2.31. The fraction of sp³-hybridized carbons (Fsp3) is 0.118. The van der Waals surface area contributed by atoms with Gasteiger partial charge in [0.1, 0.15) is 0 Å². The van der Waals surface area contributed by atoms with Crippen LogP contribution < -0.4 is 11.3 Å². The molecule has 21 heavy (non-hydrogen) atoms. The van der Waals surface area contributed by atoms with Crippen LogP contribution in [0.2, 0.25) is 0 Å². The Morgan fingerprint density at radius 3 is 2.67 bits per heavy atom. The number of rotatable bonds is 3. The molecule has 0 aliphatic heterocycles. The Kier molecular flexibility index (Phi) is 3.46. The van der Waals surface area contributed by atoms with Gasteiger partial charge in [-0.2, -0.15) is 0 Å². The standard InChI is InChI=1S/C17H17N3O/c1-12-10-20(16-9-5-4-7-14(12)16)11-13-6-2-3-8-15(13)17(21)19-18/h2-10H,11,18H2,1H3,(H,19,21). The van der Waals surface area contributed by atoms with Crippen LogP contribution in [0.25, 0.3) is 10.9 Å². The molecule has 0 saturated heterocycles. The molecule has 4 heteroatoms. The highest BCUT2D eigenvalue weighted by Gasteiger charge is 2.11. The first-order valence-corrected chi connectivity index (χ1v) is 6.84. The second-order valence-corrected chi connectivity index (χ2v) is 5.09. The molecule has 0 saturated carbocycles. The van der Waals surface area contributed by atoms with Gasteiger partial charge in [0.25, 0.3) is 5.91 Å². The topological polar surface area (TPSA) is 60.0 Å². The zero-order valence-corrected chi connectivity index (χ0v) is 11.8. The molecule has 0 aliphatic carbocycles. The summed E-state index contributed by atoms with van der Waals surface area (Å²) in [5.74, 6) is 4.99. The molecule has 1 aromatic heterocycles. The number of aryl methyl sites for hydroxylation is 1. The van der Waals surface area contributed by atoms with Gasteiger partial charge in [0.2, 0.25) is 0 Å². The van der Waals surface area contributed by atoms with Crippen molar-refractivity contribution in [3.8, 4) is 0 Å². The van der Waals surface area contributed by atoms with Crippen LogP contribution >= 0.6 is 0 Å². The maximum Gasteiger partial charge on any atom is 0.265 e. The molecule has 1 heterocycles. The third-order valence-corrected chi connectivity index (χ3v) is 3.72. The van der Waals surface area contributed by atoms with Crippen molar-refractivity contribution in [3.05, 3.63) is 71.4 Å². The summed E-state index contributed by atoms with van der Waals surface area (Å²) >= 11 is 0. The average Bonchev–Trinajstić information content (AvgIpc) is 2.84. The number of benzene rings is 2. The molecule has 0 radical (unpaired) electrons. The maximum absolute atomic E-state index is 11.8. The molecule has 0 spiro atoms. The van der Waals surface area contributed by atoms with Gasteiger partial charge in [0, 0.05) is 29.2 Å². The smallest absolute Gasteiger partial charge is 0.265 e. The predicted molar refractivity (Wildman–Crippen MR) is 83.9 cm³/mol. The van der Waals surface area contributed by atoms with Crippen LogP contribution in [0, 0.1) is 6.92 Å². The van der Waals surface area contributed by atoms with Crippen LogP contribution in [0.15, 0.2) is 54.7 Å². The normalized spacial score (nSPS) is 10.8. The Bertz CT molecular complexity index is 805. The van der Waals surface area contributed by atoms with Gasteiger partial charge < -0.3 is 4.57 Å². The summed E-state index contributed by atoms with van der Waals surface area (Å²) in [6.07, 6.45) is 2.11. The van der Waals surface area contributed by atoms with E-state index in [9.17, 15) is 4.79 Å². The number of carbonyl (C=O) groups excluding carboxylic acids is 1. The zero-order valence-electron chi connectivity index (χ0n) is 11.8. The van der Waals surface area contributed by atoms with Crippen molar-refractivity contribution in [2.45, 2.75) is 13.5 Å². The number of aromatic nitrogens is 1. The minimum Gasteiger partial charge on any atom is -0.343 e. The summed E-state index contributed by atoms with van der Waals surface area (Å²) in [5, 5.41) is 1.23. The van der Waals surface area contributed by atoms with E-state index < -0.39 is 0 Å². The lowest BCUT2D eigenvalue weighted by molar-refractivity contribution is 0.0952. The molecule has 1 amide bonds. The van der Waals surface area contributed by atoms with Gasteiger partial charge in [-0.15, -0.1) is 0 Å². The molecule has 106 valence electrons. The van der Waals surface area contributed by atoms with E-state index in [1.165, 1.54) is 10.9 Å². The van der Waals surface area contributed by atoms with Crippen molar-refractivity contribution >= 4 is 16.8 Å². The van der Waals surface area contributed by atoms with E-state index in [1.807, 2.05) is 30.3 Å². The molecule has 0 aliphatic rings. The molecule has 0 fully saturated rings. The molecule has 0 bridgehead atoms. The summed E-state index contributed by atoms with van der Waals surface area (Å²) in [4.78, 5) is 11.8. The van der Waals surface area contributed by atoms with Crippen molar-refractivity contribution in [1.82, 2.24) is 9.99 Å².